The molecular formula is C18H26N4O. The van der Waals surface area contributed by atoms with Crippen LogP contribution in [0.5, 0.6) is 5.75 Å². The first-order valence-corrected chi connectivity index (χ1v) is 8.53. The maximum atomic E-state index is 5.97. The molecule has 0 aliphatic carbocycles. The smallest absolute Gasteiger partial charge is 0.140 e. The van der Waals surface area contributed by atoms with Gasteiger partial charge in [-0.1, -0.05) is 17.7 Å². The van der Waals surface area contributed by atoms with Crippen LogP contribution in [0.15, 0.2) is 30.6 Å². The lowest BCUT2D eigenvalue weighted by atomic mass is 9.99. The van der Waals surface area contributed by atoms with Crippen molar-refractivity contribution in [1.82, 2.24) is 19.7 Å². The van der Waals surface area contributed by atoms with Gasteiger partial charge in [0.15, 0.2) is 0 Å². The predicted octanol–water partition coefficient (Wildman–Crippen LogP) is 2.90. The van der Waals surface area contributed by atoms with Crippen LogP contribution in [0.25, 0.3) is 0 Å². The van der Waals surface area contributed by atoms with Crippen molar-refractivity contribution >= 4 is 0 Å². The third-order valence-corrected chi connectivity index (χ3v) is 4.47. The Morgan fingerprint density at radius 3 is 2.87 bits per heavy atom. The molecule has 0 N–H and O–H groups in total. The quantitative estimate of drug-likeness (QED) is 0.822. The first kappa shape index (κ1) is 16.0. The van der Waals surface area contributed by atoms with Gasteiger partial charge in [0.1, 0.15) is 17.9 Å². The van der Waals surface area contributed by atoms with Crippen LogP contribution in [0.1, 0.15) is 31.2 Å². The summed E-state index contributed by atoms with van der Waals surface area (Å²) in [5.74, 6) is 2.62. The SMILES string of the molecule is CCn1ncnc1CN1CCC[C@H](COc2ccc(C)cc2)C1. The summed E-state index contributed by atoms with van der Waals surface area (Å²) in [6.07, 6.45) is 4.12. The minimum atomic E-state index is 0.586. The molecule has 1 fully saturated rings. The van der Waals surface area contributed by atoms with E-state index in [1.807, 2.05) is 4.68 Å². The zero-order valence-corrected chi connectivity index (χ0v) is 14.1. The highest BCUT2D eigenvalue weighted by Gasteiger charge is 2.21. The van der Waals surface area contributed by atoms with E-state index in [1.54, 1.807) is 6.33 Å². The lowest BCUT2D eigenvalue weighted by Crippen LogP contribution is -2.37. The molecular weight excluding hydrogens is 288 g/mol. The zero-order chi connectivity index (χ0) is 16.1. The van der Waals surface area contributed by atoms with E-state index < -0.39 is 0 Å². The fraction of sp³-hybridized carbons (Fsp3) is 0.556. The average Bonchev–Trinajstić information content (AvgIpc) is 3.02. The predicted molar refractivity (Wildman–Crippen MR) is 90.4 cm³/mol. The van der Waals surface area contributed by atoms with Gasteiger partial charge in [0.2, 0.25) is 0 Å². The van der Waals surface area contributed by atoms with Crippen molar-refractivity contribution in [1.29, 1.82) is 0 Å². The molecule has 0 spiro atoms. The van der Waals surface area contributed by atoms with E-state index in [9.17, 15) is 0 Å². The molecule has 1 atom stereocenters. The largest absolute Gasteiger partial charge is 0.493 e. The monoisotopic (exact) mass is 314 g/mol. The number of ether oxygens (including phenoxy) is 1. The van der Waals surface area contributed by atoms with E-state index in [-0.39, 0.29) is 0 Å². The molecule has 124 valence electrons. The second-order valence-electron chi connectivity index (χ2n) is 6.36. The van der Waals surface area contributed by atoms with Gasteiger partial charge in [-0.25, -0.2) is 9.67 Å². The number of aryl methyl sites for hydroxylation is 2. The van der Waals surface area contributed by atoms with E-state index >= 15 is 0 Å². The summed E-state index contributed by atoms with van der Waals surface area (Å²) in [5.41, 5.74) is 1.27. The third-order valence-electron chi connectivity index (χ3n) is 4.47. The van der Waals surface area contributed by atoms with Gasteiger partial charge in [0.05, 0.1) is 13.2 Å². The molecule has 1 saturated heterocycles. The summed E-state index contributed by atoms with van der Waals surface area (Å²) in [7, 11) is 0. The molecule has 0 unspecified atom stereocenters. The van der Waals surface area contributed by atoms with Crippen LogP contribution < -0.4 is 4.74 Å². The summed E-state index contributed by atoms with van der Waals surface area (Å²) >= 11 is 0. The highest BCUT2D eigenvalue weighted by Crippen LogP contribution is 2.20. The molecule has 2 aromatic rings. The van der Waals surface area contributed by atoms with Crippen LogP contribution in [0.2, 0.25) is 0 Å². The van der Waals surface area contributed by atoms with Crippen molar-refractivity contribution in [3.8, 4) is 5.75 Å². The number of piperidine rings is 1. The van der Waals surface area contributed by atoms with Crippen molar-refractivity contribution in [3.05, 3.63) is 42.0 Å². The van der Waals surface area contributed by atoms with Gasteiger partial charge in [-0.15, -0.1) is 0 Å². The first-order valence-electron chi connectivity index (χ1n) is 8.53. The number of benzene rings is 1. The summed E-state index contributed by atoms with van der Waals surface area (Å²) in [5, 5.41) is 4.26. The van der Waals surface area contributed by atoms with Crippen molar-refractivity contribution in [3.63, 3.8) is 0 Å². The molecule has 1 aliphatic rings. The Morgan fingerprint density at radius 2 is 2.09 bits per heavy atom. The second-order valence-corrected chi connectivity index (χ2v) is 6.36. The molecule has 3 rings (SSSR count). The Bertz CT molecular complexity index is 608. The van der Waals surface area contributed by atoms with Gasteiger partial charge >= 0.3 is 0 Å². The van der Waals surface area contributed by atoms with Gasteiger partial charge in [-0.3, -0.25) is 4.90 Å². The van der Waals surface area contributed by atoms with E-state index in [0.717, 1.165) is 44.4 Å². The van der Waals surface area contributed by atoms with Crippen molar-refractivity contribution in [2.24, 2.45) is 5.92 Å². The summed E-state index contributed by atoms with van der Waals surface area (Å²) < 4.78 is 7.95. The minimum absolute atomic E-state index is 0.586. The number of hydrogen-bond acceptors (Lipinski definition) is 4. The van der Waals surface area contributed by atoms with Crippen LogP contribution in [0.4, 0.5) is 0 Å². The highest BCUT2D eigenvalue weighted by molar-refractivity contribution is 5.26. The summed E-state index contributed by atoms with van der Waals surface area (Å²) in [6, 6.07) is 8.31. The number of rotatable bonds is 6. The molecule has 0 radical (unpaired) electrons. The topological polar surface area (TPSA) is 43.2 Å². The van der Waals surface area contributed by atoms with Crippen molar-refractivity contribution < 1.29 is 4.74 Å². The number of aromatic nitrogens is 3. The molecule has 1 aliphatic heterocycles. The van der Waals surface area contributed by atoms with Crippen molar-refractivity contribution in [2.75, 3.05) is 19.7 Å². The van der Waals surface area contributed by atoms with Crippen molar-refractivity contribution in [2.45, 2.75) is 39.8 Å². The molecule has 0 saturated carbocycles. The maximum absolute atomic E-state index is 5.97. The number of likely N-dealkylation sites (tertiary alicyclic amines) is 1. The van der Waals surface area contributed by atoms with Crippen LogP contribution >= 0.6 is 0 Å². The van der Waals surface area contributed by atoms with Crippen LogP contribution in [-0.4, -0.2) is 39.4 Å². The molecule has 5 nitrogen and oxygen atoms in total. The molecule has 0 bridgehead atoms. The number of nitrogens with zero attached hydrogens (tertiary/aromatic N) is 4. The minimum Gasteiger partial charge on any atom is -0.493 e. The van der Waals surface area contributed by atoms with Gasteiger partial charge in [0.25, 0.3) is 0 Å². The van der Waals surface area contributed by atoms with Gasteiger partial charge in [-0.05, 0) is 45.4 Å². The van der Waals surface area contributed by atoms with Crippen LogP contribution in [0.3, 0.4) is 0 Å². The third kappa shape index (κ3) is 4.32. The van der Waals surface area contributed by atoms with Gasteiger partial charge < -0.3 is 4.74 Å². The summed E-state index contributed by atoms with van der Waals surface area (Å²) in [4.78, 5) is 6.86. The fourth-order valence-electron chi connectivity index (χ4n) is 3.15. The second kappa shape index (κ2) is 7.59. The fourth-order valence-corrected chi connectivity index (χ4v) is 3.15. The molecule has 1 aromatic heterocycles. The maximum Gasteiger partial charge on any atom is 0.140 e. The Labute approximate surface area is 138 Å². The zero-order valence-electron chi connectivity index (χ0n) is 14.1. The molecule has 0 amide bonds. The molecule has 5 heteroatoms. The van der Waals surface area contributed by atoms with Gasteiger partial charge in [0, 0.05) is 19.0 Å². The highest BCUT2D eigenvalue weighted by atomic mass is 16.5. The van der Waals surface area contributed by atoms with E-state index in [2.05, 4.69) is 53.1 Å². The standard InChI is InChI=1S/C18H26N4O/c1-3-22-18(19-14-20-22)12-21-10-4-5-16(11-21)13-23-17-8-6-15(2)7-9-17/h6-9,14,16H,3-5,10-13H2,1-2H3/t16-/m0/s1. The Balaban J connectivity index is 1.51. The van der Waals surface area contributed by atoms with E-state index in [1.165, 1.54) is 18.4 Å². The van der Waals surface area contributed by atoms with Crippen LogP contribution in [0, 0.1) is 12.8 Å². The molecule has 23 heavy (non-hydrogen) atoms. The Kier molecular flexibility index (Phi) is 5.28. The van der Waals surface area contributed by atoms with Gasteiger partial charge in [-0.2, -0.15) is 5.10 Å². The lowest BCUT2D eigenvalue weighted by molar-refractivity contribution is 0.121. The average molecular weight is 314 g/mol. The molecule has 1 aromatic carbocycles. The lowest BCUT2D eigenvalue weighted by Gasteiger charge is -2.32. The van der Waals surface area contributed by atoms with E-state index in [4.69, 9.17) is 4.74 Å². The normalized spacial score (nSPS) is 19.0. The van der Waals surface area contributed by atoms with Crippen LogP contribution in [-0.2, 0) is 13.1 Å². The Hall–Kier alpha value is -1.88. The summed E-state index contributed by atoms with van der Waals surface area (Å²) in [6.45, 7) is 8.96. The number of hydrogen-bond donors (Lipinski definition) is 0. The molecule has 2 heterocycles. The first-order chi connectivity index (χ1) is 11.2. The van der Waals surface area contributed by atoms with E-state index in [0.29, 0.717) is 5.92 Å². The Morgan fingerprint density at radius 1 is 1.26 bits per heavy atom.